The van der Waals surface area contributed by atoms with Crippen molar-refractivity contribution in [2.45, 2.75) is 44.1 Å². The monoisotopic (exact) mass is 327 g/mol. The molecule has 1 saturated carbocycles. The Labute approximate surface area is 142 Å². The largest absolute Gasteiger partial charge is 0.378 e. The number of ether oxygens (including phenoxy) is 1. The Morgan fingerprint density at radius 1 is 1.04 bits per heavy atom. The van der Waals surface area contributed by atoms with Crippen LogP contribution in [0.3, 0.4) is 0 Å². The molecule has 0 radical (unpaired) electrons. The summed E-state index contributed by atoms with van der Waals surface area (Å²) >= 11 is 0. The van der Waals surface area contributed by atoms with Gasteiger partial charge < -0.3 is 15.0 Å². The highest BCUT2D eigenvalue weighted by atomic mass is 16.5. The molecule has 6 nitrogen and oxygen atoms in total. The van der Waals surface area contributed by atoms with E-state index in [1.165, 1.54) is 43.6 Å². The molecule has 0 spiro atoms. The van der Waals surface area contributed by atoms with Crippen molar-refractivity contribution in [3.63, 3.8) is 0 Å². The Kier molecular flexibility index (Phi) is 3.67. The number of nitrogens with one attached hydrogen (secondary N) is 1. The van der Waals surface area contributed by atoms with Crippen LogP contribution >= 0.6 is 0 Å². The second-order valence-electron chi connectivity index (χ2n) is 7.25. The van der Waals surface area contributed by atoms with Gasteiger partial charge in [0.2, 0.25) is 0 Å². The molecule has 2 saturated heterocycles. The molecular weight excluding hydrogens is 302 g/mol. The molecule has 3 fully saturated rings. The molecule has 3 aliphatic rings. The Hall–Kier alpha value is -1.66. The fraction of sp³-hybridized carbons (Fsp3) is 0.667. The van der Waals surface area contributed by atoms with E-state index in [0.29, 0.717) is 12.0 Å². The summed E-state index contributed by atoms with van der Waals surface area (Å²) in [7, 11) is 0. The van der Waals surface area contributed by atoms with Crippen molar-refractivity contribution < 1.29 is 4.74 Å². The van der Waals surface area contributed by atoms with Gasteiger partial charge in [-0.3, -0.25) is 0 Å². The molecule has 24 heavy (non-hydrogen) atoms. The first kappa shape index (κ1) is 14.7. The molecule has 128 valence electrons. The number of rotatable bonds is 3. The molecule has 5 rings (SSSR count). The van der Waals surface area contributed by atoms with Gasteiger partial charge in [-0.2, -0.15) is 9.61 Å². The number of anilines is 1. The smallest absolute Gasteiger partial charge is 0.157 e. The molecule has 1 unspecified atom stereocenters. The lowest BCUT2D eigenvalue weighted by Gasteiger charge is -2.29. The van der Waals surface area contributed by atoms with E-state index in [1.54, 1.807) is 0 Å². The van der Waals surface area contributed by atoms with Gasteiger partial charge in [0.15, 0.2) is 5.65 Å². The van der Waals surface area contributed by atoms with E-state index < -0.39 is 0 Å². The Morgan fingerprint density at radius 2 is 1.92 bits per heavy atom. The molecule has 4 heterocycles. The second kappa shape index (κ2) is 6.01. The summed E-state index contributed by atoms with van der Waals surface area (Å²) in [6, 6.07) is 4.84. The zero-order valence-corrected chi connectivity index (χ0v) is 14.1. The molecule has 2 aliphatic heterocycles. The molecule has 0 aromatic carbocycles. The summed E-state index contributed by atoms with van der Waals surface area (Å²) in [6.45, 7) is 4.54. The van der Waals surface area contributed by atoms with Gasteiger partial charge in [-0.25, -0.2) is 4.98 Å². The maximum Gasteiger partial charge on any atom is 0.157 e. The van der Waals surface area contributed by atoms with Crippen LogP contribution in [0.5, 0.6) is 0 Å². The van der Waals surface area contributed by atoms with Crippen LogP contribution in [-0.2, 0) is 4.74 Å². The van der Waals surface area contributed by atoms with Crippen molar-refractivity contribution >= 4 is 11.5 Å². The minimum atomic E-state index is 0.377. The highest BCUT2D eigenvalue weighted by Crippen LogP contribution is 2.40. The number of aromatic nitrogens is 3. The SMILES string of the molecule is c1c(C2CC2)nc2cc(C3CCCCN3)nn2c1N1CCOCC1. The molecule has 0 bridgehead atoms. The quantitative estimate of drug-likeness (QED) is 0.937. The predicted octanol–water partition coefficient (Wildman–Crippen LogP) is 2.26. The number of fused-ring (bicyclic) bond motifs is 1. The van der Waals surface area contributed by atoms with Crippen molar-refractivity contribution in [3.05, 3.63) is 23.5 Å². The van der Waals surface area contributed by atoms with Crippen molar-refractivity contribution in [2.75, 3.05) is 37.7 Å². The van der Waals surface area contributed by atoms with Crippen LogP contribution in [0.2, 0.25) is 0 Å². The van der Waals surface area contributed by atoms with Crippen molar-refractivity contribution in [2.24, 2.45) is 0 Å². The Morgan fingerprint density at radius 3 is 2.67 bits per heavy atom. The molecular formula is C18H25N5O. The van der Waals surface area contributed by atoms with Gasteiger partial charge in [0.1, 0.15) is 5.82 Å². The Balaban J connectivity index is 1.57. The van der Waals surface area contributed by atoms with Gasteiger partial charge in [0, 0.05) is 36.8 Å². The van der Waals surface area contributed by atoms with Gasteiger partial charge in [0.05, 0.1) is 24.9 Å². The van der Waals surface area contributed by atoms with Gasteiger partial charge in [-0.05, 0) is 32.2 Å². The third-order valence-corrected chi connectivity index (χ3v) is 5.45. The van der Waals surface area contributed by atoms with Crippen LogP contribution in [0.15, 0.2) is 12.1 Å². The lowest BCUT2D eigenvalue weighted by molar-refractivity contribution is 0.122. The van der Waals surface area contributed by atoms with Crippen LogP contribution in [0.4, 0.5) is 5.82 Å². The van der Waals surface area contributed by atoms with Crippen molar-refractivity contribution in [1.29, 1.82) is 0 Å². The number of hydrogen-bond donors (Lipinski definition) is 1. The molecule has 1 aliphatic carbocycles. The van der Waals surface area contributed by atoms with Crippen LogP contribution in [0.25, 0.3) is 5.65 Å². The molecule has 2 aromatic rings. The fourth-order valence-electron chi connectivity index (χ4n) is 3.88. The minimum absolute atomic E-state index is 0.377. The third kappa shape index (κ3) is 2.67. The van der Waals surface area contributed by atoms with Crippen molar-refractivity contribution in [3.8, 4) is 0 Å². The van der Waals surface area contributed by atoms with E-state index in [4.69, 9.17) is 14.8 Å². The van der Waals surface area contributed by atoms with E-state index in [9.17, 15) is 0 Å². The standard InChI is InChI=1S/C18H25N5O/c1-2-6-19-14(3-1)16-11-17-20-15(13-4-5-13)12-18(23(17)21-16)22-7-9-24-10-8-22/h11-14,19H,1-10H2. The summed E-state index contributed by atoms with van der Waals surface area (Å²) in [6.07, 6.45) is 6.27. The maximum atomic E-state index is 5.53. The zero-order valence-electron chi connectivity index (χ0n) is 14.1. The highest BCUT2D eigenvalue weighted by molar-refractivity contribution is 5.53. The molecule has 1 N–H and O–H groups in total. The summed E-state index contributed by atoms with van der Waals surface area (Å²) in [5.41, 5.74) is 3.39. The van der Waals surface area contributed by atoms with Crippen LogP contribution in [0.1, 0.15) is 55.5 Å². The first-order chi connectivity index (χ1) is 11.9. The average Bonchev–Trinajstić information content (AvgIpc) is 3.41. The third-order valence-electron chi connectivity index (χ3n) is 5.45. The first-order valence-corrected chi connectivity index (χ1v) is 9.35. The lowest BCUT2D eigenvalue weighted by Crippen LogP contribution is -2.37. The van der Waals surface area contributed by atoms with Gasteiger partial charge in [-0.15, -0.1) is 0 Å². The number of hydrogen-bond acceptors (Lipinski definition) is 5. The number of piperidine rings is 1. The predicted molar refractivity (Wildman–Crippen MR) is 92.6 cm³/mol. The second-order valence-corrected chi connectivity index (χ2v) is 7.25. The van der Waals surface area contributed by atoms with E-state index in [1.807, 2.05) is 0 Å². The van der Waals surface area contributed by atoms with Crippen LogP contribution in [-0.4, -0.2) is 47.4 Å². The van der Waals surface area contributed by atoms with Crippen molar-refractivity contribution in [1.82, 2.24) is 19.9 Å². The summed E-state index contributed by atoms with van der Waals surface area (Å²) < 4.78 is 7.59. The number of morpholine rings is 1. The first-order valence-electron chi connectivity index (χ1n) is 9.35. The minimum Gasteiger partial charge on any atom is -0.378 e. The van der Waals surface area contributed by atoms with E-state index >= 15 is 0 Å². The van der Waals surface area contributed by atoms with Crippen LogP contribution in [0, 0.1) is 0 Å². The summed E-state index contributed by atoms with van der Waals surface area (Å²) in [5.74, 6) is 1.84. The number of nitrogens with zero attached hydrogens (tertiary/aromatic N) is 4. The van der Waals surface area contributed by atoms with E-state index in [0.717, 1.165) is 44.2 Å². The fourth-order valence-corrected chi connectivity index (χ4v) is 3.88. The lowest BCUT2D eigenvalue weighted by atomic mass is 10.0. The molecule has 2 aromatic heterocycles. The topological polar surface area (TPSA) is 54.7 Å². The van der Waals surface area contributed by atoms with E-state index in [2.05, 4.69) is 26.9 Å². The van der Waals surface area contributed by atoms with Gasteiger partial charge in [-0.1, -0.05) is 6.42 Å². The summed E-state index contributed by atoms with van der Waals surface area (Å²) in [4.78, 5) is 7.32. The van der Waals surface area contributed by atoms with Crippen LogP contribution < -0.4 is 10.2 Å². The van der Waals surface area contributed by atoms with Gasteiger partial charge in [0.25, 0.3) is 0 Å². The Bertz CT molecular complexity index is 726. The summed E-state index contributed by atoms with van der Waals surface area (Å²) in [5, 5.41) is 8.55. The maximum absolute atomic E-state index is 5.53. The normalized spacial score (nSPS) is 25.3. The highest BCUT2D eigenvalue weighted by Gasteiger charge is 2.28. The molecule has 6 heteroatoms. The van der Waals surface area contributed by atoms with E-state index in [-0.39, 0.29) is 0 Å². The zero-order chi connectivity index (χ0) is 15.9. The van der Waals surface area contributed by atoms with Gasteiger partial charge >= 0.3 is 0 Å². The average molecular weight is 327 g/mol. The molecule has 0 amide bonds. The molecule has 1 atom stereocenters.